The monoisotopic (exact) mass is 463 g/mol. The number of nitrogens with one attached hydrogen (secondary N) is 3. The fourth-order valence-corrected chi connectivity index (χ4v) is 5.57. The van der Waals surface area contributed by atoms with Gasteiger partial charge in [0.1, 0.15) is 11.6 Å². The number of benzene rings is 2. The first-order chi connectivity index (χ1) is 14.6. The Morgan fingerprint density at radius 3 is 2.61 bits per heavy atom. The van der Waals surface area contributed by atoms with Crippen LogP contribution < -0.4 is 10.6 Å². The predicted molar refractivity (Wildman–Crippen MR) is 117 cm³/mol. The first-order valence-electron chi connectivity index (χ1n) is 9.19. The average Bonchev–Trinajstić information content (AvgIpc) is 3.16. The van der Waals surface area contributed by atoms with Gasteiger partial charge in [0.2, 0.25) is 16.0 Å². The fourth-order valence-electron chi connectivity index (χ4n) is 3.36. The lowest BCUT2D eigenvalue weighted by molar-refractivity contribution is 0.403. The summed E-state index contributed by atoms with van der Waals surface area (Å²) in [5.74, 6) is -1.64. The topological polar surface area (TPSA) is 98.2 Å². The van der Waals surface area contributed by atoms with Crippen molar-refractivity contribution < 1.29 is 17.2 Å². The van der Waals surface area contributed by atoms with Crippen LogP contribution in [0.3, 0.4) is 0 Å². The Hall–Kier alpha value is -3.05. The van der Waals surface area contributed by atoms with Crippen LogP contribution in [0.1, 0.15) is 12.5 Å². The summed E-state index contributed by atoms with van der Waals surface area (Å²) in [4.78, 5) is 4.47. The molecule has 3 aromatic rings. The zero-order chi connectivity index (χ0) is 22.4. The average molecular weight is 464 g/mol. The van der Waals surface area contributed by atoms with E-state index in [4.69, 9.17) is 5.41 Å². The van der Waals surface area contributed by atoms with Crippen LogP contribution in [-0.4, -0.2) is 36.5 Å². The number of thiazole rings is 1. The van der Waals surface area contributed by atoms with E-state index in [0.29, 0.717) is 16.5 Å². The standard InChI is InChI=1S/C20H19F2N5O2S2/c1-20(11-31(28,29)27(2)18(23)26-20)15-9-14(7-8-16(15)22)24-19-25-17(10-30-19)12-3-5-13(21)6-4-12/h3-10H,11H2,1-2H3,(H2,23,26)(H,24,25)/t20-/m0/s1. The molecule has 0 aliphatic carbocycles. The third kappa shape index (κ3) is 4.10. The van der Waals surface area contributed by atoms with E-state index in [-0.39, 0.29) is 17.3 Å². The van der Waals surface area contributed by atoms with E-state index in [1.807, 2.05) is 5.38 Å². The summed E-state index contributed by atoms with van der Waals surface area (Å²) in [5.41, 5.74) is 0.749. The van der Waals surface area contributed by atoms with Crippen LogP contribution in [0.5, 0.6) is 0 Å². The molecule has 1 aliphatic heterocycles. The van der Waals surface area contributed by atoms with Crippen LogP contribution in [0.2, 0.25) is 0 Å². The Kier molecular flexibility index (Phi) is 5.18. The van der Waals surface area contributed by atoms with Crippen LogP contribution >= 0.6 is 11.3 Å². The largest absolute Gasteiger partial charge is 0.345 e. The number of sulfonamides is 1. The highest BCUT2D eigenvalue weighted by atomic mass is 32.2. The van der Waals surface area contributed by atoms with E-state index < -0.39 is 27.1 Å². The third-order valence-corrected chi connectivity index (χ3v) is 7.77. The number of rotatable bonds is 4. The Labute approximate surface area is 182 Å². The summed E-state index contributed by atoms with van der Waals surface area (Å²) in [7, 11) is -2.49. The Balaban J connectivity index is 1.62. The van der Waals surface area contributed by atoms with Crippen LogP contribution in [0.15, 0.2) is 47.8 Å². The van der Waals surface area contributed by atoms with Gasteiger partial charge in [0.15, 0.2) is 5.13 Å². The zero-order valence-electron chi connectivity index (χ0n) is 16.6. The van der Waals surface area contributed by atoms with Gasteiger partial charge in [-0.2, -0.15) is 0 Å². The number of anilines is 2. The molecule has 4 rings (SSSR count). The molecule has 2 heterocycles. The van der Waals surface area contributed by atoms with Crippen molar-refractivity contribution in [3.63, 3.8) is 0 Å². The molecule has 1 saturated heterocycles. The van der Waals surface area contributed by atoms with Crippen molar-refractivity contribution in [1.29, 1.82) is 5.41 Å². The van der Waals surface area contributed by atoms with E-state index in [1.165, 1.54) is 48.7 Å². The second-order valence-electron chi connectivity index (χ2n) is 7.39. The lowest BCUT2D eigenvalue weighted by Crippen LogP contribution is -2.61. The summed E-state index contributed by atoms with van der Waals surface area (Å²) in [6, 6.07) is 10.3. The molecule has 0 bridgehead atoms. The molecule has 0 radical (unpaired) electrons. The Morgan fingerprint density at radius 2 is 1.94 bits per heavy atom. The van der Waals surface area contributed by atoms with Crippen LogP contribution in [0, 0.1) is 17.0 Å². The maximum absolute atomic E-state index is 14.7. The molecule has 1 aromatic heterocycles. The highest BCUT2D eigenvalue weighted by Gasteiger charge is 2.43. The number of halogens is 2. The first-order valence-corrected chi connectivity index (χ1v) is 11.7. The minimum absolute atomic E-state index is 0.120. The molecule has 0 spiro atoms. The van der Waals surface area contributed by atoms with E-state index in [0.717, 1.165) is 9.87 Å². The molecule has 2 aromatic carbocycles. The summed E-state index contributed by atoms with van der Waals surface area (Å²) < 4.78 is 53.4. The maximum atomic E-state index is 14.7. The molecule has 1 aliphatic rings. The lowest BCUT2D eigenvalue weighted by atomic mass is 9.93. The Bertz CT molecular complexity index is 1260. The van der Waals surface area contributed by atoms with Gasteiger partial charge in [-0.05, 0) is 49.4 Å². The van der Waals surface area contributed by atoms with Crippen molar-refractivity contribution in [3.05, 3.63) is 65.0 Å². The highest BCUT2D eigenvalue weighted by molar-refractivity contribution is 7.89. The normalized spacial score (nSPS) is 20.4. The smallest absolute Gasteiger partial charge is 0.239 e. The van der Waals surface area contributed by atoms with E-state index in [2.05, 4.69) is 15.6 Å². The highest BCUT2D eigenvalue weighted by Crippen LogP contribution is 2.33. The predicted octanol–water partition coefficient (Wildman–Crippen LogP) is 3.85. The fraction of sp³-hybridized carbons (Fsp3) is 0.200. The quantitative estimate of drug-likeness (QED) is 0.546. The molecule has 7 nitrogen and oxygen atoms in total. The molecule has 1 fully saturated rings. The van der Waals surface area contributed by atoms with Gasteiger partial charge < -0.3 is 10.6 Å². The molecular weight excluding hydrogens is 444 g/mol. The van der Waals surface area contributed by atoms with E-state index in [9.17, 15) is 17.2 Å². The van der Waals surface area contributed by atoms with E-state index in [1.54, 1.807) is 19.1 Å². The second kappa shape index (κ2) is 7.57. The second-order valence-corrected chi connectivity index (χ2v) is 10.3. The van der Waals surface area contributed by atoms with Crippen molar-refractivity contribution in [1.82, 2.24) is 14.6 Å². The molecule has 162 valence electrons. The minimum atomic E-state index is -3.76. The summed E-state index contributed by atoms with van der Waals surface area (Å²) in [5, 5.41) is 16.2. The van der Waals surface area contributed by atoms with Gasteiger partial charge in [0, 0.05) is 29.2 Å². The van der Waals surface area contributed by atoms with Gasteiger partial charge in [-0.25, -0.2) is 26.5 Å². The number of hydrogen-bond donors (Lipinski definition) is 3. The molecule has 3 N–H and O–H groups in total. The van der Waals surface area contributed by atoms with Crippen molar-refractivity contribution in [2.75, 3.05) is 18.1 Å². The molecule has 0 amide bonds. The van der Waals surface area contributed by atoms with Crippen molar-refractivity contribution in [3.8, 4) is 11.3 Å². The minimum Gasteiger partial charge on any atom is -0.345 e. The summed E-state index contributed by atoms with van der Waals surface area (Å²) in [6.07, 6.45) is 0. The van der Waals surface area contributed by atoms with Gasteiger partial charge >= 0.3 is 0 Å². The third-order valence-electron chi connectivity index (χ3n) is 5.05. The SMILES string of the molecule is CN1C(=N)N[C@](C)(c2cc(Nc3nc(-c4ccc(F)cc4)cs3)ccc2F)CS1(=O)=O. The molecule has 0 unspecified atom stereocenters. The van der Waals surface area contributed by atoms with Gasteiger partial charge in [-0.15, -0.1) is 11.3 Å². The maximum Gasteiger partial charge on any atom is 0.239 e. The lowest BCUT2D eigenvalue weighted by Gasteiger charge is -2.40. The van der Waals surface area contributed by atoms with Crippen molar-refractivity contribution in [2.24, 2.45) is 0 Å². The molecule has 31 heavy (non-hydrogen) atoms. The molecule has 0 saturated carbocycles. The number of hydrogen-bond acceptors (Lipinski definition) is 6. The Morgan fingerprint density at radius 1 is 1.23 bits per heavy atom. The van der Waals surface area contributed by atoms with Crippen LogP contribution in [-0.2, 0) is 15.6 Å². The van der Waals surface area contributed by atoms with Gasteiger partial charge in [0.05, 0.1) is 17.0 Å². The number of nitrogens with zero attached hydrogens (tertiary/aromatic N) is 2. The van der Waals surface area contributed by atoms with Gasteiger partial charge in [-0.1, -0.05) is 0 Å². The summed E-state index contributed by atoms with van der Waals surface area (Å²) in [6.45, 7) is 1.55. The van der Waals surface area contributed by atoms with Gasteiger partial charge in [0.25, 0.3) is 0 Å². The van der Waals surface area contributed by atoms with Crippen LogP contribution in [0.25, 0.3) is 11.3 Å². The number of guanidine groups is 1. The molecule has 1 atom stereocenters. The van der Waals surface area contributed by atoms with Crippen LogP contribution in [0.4, 0.5) is 19.6 Å². The number of aromatic nitrogens is 1. The van der Waals surface area contributed by atoms with Crippen molar-refractivity contribution in [2.45, 2.75) is 12.5 Å². The first kappa shape index (κ1) is 21.2. The molecular formula is C20H19F2N5O2S2. The summed E-state index contributed by atoms with van der Waals surface area (Å²) >= 11 is 1.33. The molecule has 11 heteroatoms. The zero-order valence-corrected chi connectivity index (χ0v) is 18.2. The van der Waals surface area contributed by atoms with Gasteiger partial charge in [-0.3, -0.25) is 5.41 Å². The van der Waals surface area contributed by atoms with E-state index >= 15 is 0 Å². The van der Waals surface area contributed by atoms with Crippen molar-refractivity contribution >= 4 is 38.1 Å².